The van der Waals surface area contributed by atoms with Gasteiger partial charge in [-0.1, -0.05) is 0 Å². The summed E-state index contributed by atoms with van der Waals surface area (Å²) in [6, 6.07) is 0. The van der Waals surface area contributed by atoms with Gasteiger partial charge in [-0.15, -0.1) is 0 Å². The Morgan fingerprint density at radius 3 is 2.30 bits per heavy atom. The third-order valence-corrected chi connectivity index (χ3v) is 1.63. The summed E-state index contributed by atoms with van der Waals surface area (Å²) < 4.78 is 5.14. The fourth-order valence-electron chi connectivity index (χ4n) is 0.579. The summed E-state index contributed by atoms with van der Waals surface area (Å²) in [7, 11) is 1.67. The highest BCUT2D eigenvalue weighted by molar-refractivity contribution is 5.75. The summed E-state index contributed by atoms with van der Waals surface area (Å²) in [5, 5.41) is 0. The van der Waals surface area contributed by atoms with Crippen LogP contribution in [0.2, 0.25) is 0 Å². The molecule has 0 heterocycles. The lowest BCUT2D eigenvalue weighted by Gasteiger charge is -2.21. The van der Waals surface area contributed by atoms with Crippen molar-refractivity contribution in [1.82, 2.24) is 0 Å². The number of hydrogen-bond donors (Lipinski definition) is 0. The van der Waals surface area contributed by atoms with Crippen LogP contribution >= 0.6 is 0 Å². The van der Waals surface area contributed by atoms with Crippen LogP contribution in [0.3, 0.4) is 0 Å². The number of Topliss-reactive ketones (excluding diaryl/α,β-unsaturated/α-hetero) is 1. The van der Waals surface area contributed by atoms with Crippen LogP contribution in [0.5, 0.6) is 0 Å². The van der Waals surface area contributed by atoms with Gasteiger partial charge < -0.3 is 9.53 Å². The van der Waals surface area contributed by atoms with E-state index in [1.807, 2.05) is 13.8 Å². The molecule has 0 unspecified atom stereocenters. The number of ether oxygens (including phenoxy) is 1. The maximum atomic E-state index is 10.6. The molecule has 0 rings (SSSR count). The van der Waals surface area contributed by atoms with E-state index >= 15 is 0 Å². The Balaban J connectivity index is 3.56. The first-order chi connectivity index (χ1) is 4.48. The van der Waals surface area contributed by atoms with Crippen molar-refractivity contribution in [2.45, 2.75) is 39.2 Å². The van der Waals surface area contributed by atoms with Gasteiger partial charge in [0, 0.05) is 13.5 Å². The molecule has 0 bridgehead atoms. The number of ketones is 1. The van der Waals surface area contributed by atoms with Gasteiger partial charge in [0.15, 0.2) is 0 Å². The van der Waals surface area contributed by atoms with Gasteiger partial charge in [0.2, 0.25) is 0 Å². The Labute approximate surface area is 62.6 Å². The molecule has 0 radical (unpaired) electrons. The maximum Gasteiger partial charge on any atom is 0.129 e. The lowest BCUT2D eigenvalue weighted by atomic mass is 10.0. The van der Waals surface area contributed by atoms with Crippen LogP contribution in [-0.2, 0) is 9.53 Å². The Morgan fingerprint density at radius 1 is 1.50 bits per heavy atom. The minimum Gasteiger partial charge on any atom is -0.379 e. The average Bonchev–Trinajstić information content (AvgIpc) is 1.85. The highest BCUT2D eigenvalue weighted by Gasteiger charge is 2.16. The number of hydrogen-bond acceptors (Lipinski definition) is 2. The topological polar surface area (TPSA) is 26.3 Å². The van der Waals surface area contributed by atoms with Gasteiger partial charge in [0.25, 0.3) is 0 Å². The highest BCUT2D eigenvalue weighted by atomic mass is 16.5. The van der Waals surface area contributed by atoms with E-state index < -0.39 is 0 Å². The van der Waals surface area contributed by atoms with Gasteiger partial charge in [-0.3, -0.25) is 0 Å². The first kappa shape index (κ1) is 9.63. The van der Waals surface area contributed by atoms with Crippen LogP contribution < -0.4 is 0 Å². The third-order valence-electron chi connectivity index (χ3n) is 1.63. The van der Waals surface area contributed by atoms with Crippen molar-refractivity contribution in [3.05, 3.63) is 0 Å². The average molecular weight is 144 g/mol. The molecule has 60 valence electrons. The van der Waals surface area contributed by atoms with E-state index in [-0.39, 0.29) is 11.4 Å². The molecule has 2 heteroatoms. The van der Waals surface area contributed by atoms with Crippen molar-refractivity contribution in [2.75, 3.05) is 7.11 Å². The van der Waals surface area contributed by atoms with Crippen molar-refractivity contribution in [2.24, 2.45) is 0 Å². The molecular formula is C8H16O2. The second-order valence-corrected chi connectivity index (χ2v) is 3.17. The molecule has 0 aliphatic heterocycles. The minimum atomic E-state index is -0.147. The van der Waals surface area contributed by atoms with Crippen LogP contribution in [0.25, 0.3) is 0 Å². The first-order valence-electron chi connectivity index (χ1n) is 3.52. The summed E-state index contributed by atoms with van der Waals surface area (Å²) in [5.74, 6) is 0.227. The smallest absolute Gasteiger partial charge is 0.129 e. The van der Waals surface area contributed by atoms with Crippen molar-refractivity contribution < 1.29 is 9.53 Å². The Morgan fingerprint density at radius 2 is 2.00 bits per heavy atom. The third kappa shape index (κ3) is 4.50. The van der Waals surface area contributed by atoms with E-state index in [2.05, 4.69) is 0 Å². The largest absolute Gasteiger partial charge is 0.379 e. The van der Waals surface area contributed by atoms with Gasteiger partial charge in [-0.25, -0.2) is 0 Å². The summed E-state index contributed by atoms with van der Waals surface area (Å²) in [4.78, 5) is 10.6. The van der Waals surface area contributed by atoms with Gasteiger partial charge in [0.05, 0.1) is 5.60 Å². The van der Waals surface area contributed by atoms with E-state index in [1.54, 1.807) is 14.0 Å². The minimum absolute atomic E-state index is 0.147. The maximum absolute atomic E-state index is 10.6. The fraction of sp³-hybridized carbons (Fsp3) is 0.875. The molecule has 0 aliphatic carbocycles. The van der Waals surface area contributed by atoms with Gasteiger partial charge in [-0.05, 0) is 27.2 Å². The molecule has 0 aromatic rings. The Kier molecular flexibility index (Phi) is 3.58. The normalized spacial score (nSPS) is 11.6. The number of carbonyl (C=O) groups is 1. The van der Waals surface area contributed by atoms with Gasteiger partial charge in [0.1, 0.15) is 5.78 Å². The molecule has 0 atom stereocenters. The molecule has 10 heavy (non-hydrogen) atoms. The van der Waals surface area contributed by atoms with Crippen molar-refractivity contribution >= 4 is 5.78 Å². The van der Waals surface area contributed by atoms with Crippen LogP contribution in [0, 0.1) is 0 Å². The molecule has 0 aromatic heterocycles. The monoisotopic (exact) mass is 144 g/mol. The number of rotatable bonds is 4. The lowest BCUT2D eigenvalue weighted by molar-refractivity contribution is -0.118. The van der Waals surface area contributed by atoms with E-state index in [0.717, 1.165) is 6.42 Å². The molecule has 0 saturated heterocycles. The van der Waals surface area contributed by atoms with Crippen LogP contribution in [0.1, 0.15) is 33.6 Å². The van der Waals surface area contributed by atoms with E-state index in [9.17, 15) is 4.79 Å². The highest BCUT2D eigenvalue weighted by Crippen LogP contribution is 2.14. The van der Waals surface area contributed by atoms with E-state index in [4.69, 9.17) is 4.74 Å². The Bertz CT molecular complexity index is 116. The van der Waals surface area contributed by atoms with Crippen molar-refractivity contribution in [3.63, 3.8) is 0 Å². The summed E-state index contributed by atoms with van der Waals surface area (Å²) >= 11 is 0. The standard InChI is InChI=1S/C8H16O2/c1-7(9)5-6-8(2,3)10-4/h5-6H2,1-4H3. The quantitative estimate of drug-likeness (QED) is 0.601. The summed E-state index contributed by atoms with van der Waals surface area (Å²) in [6.07, 6.45) is 1.42. The van der Waals surface area contributed by atoms with Crippen LogP contribution in [0.4, 0.5) is 0 Å². The fourth-order valence-corrected chi connectivity index (χ4v) is 0.579. The second kappa shape index (κ2) is 3.71. The molecule has 0 fully saturated rings. The molecular weight excluding hydrogens is 128 g/mol. The Hall–Kier alpha value is -0.370. The zero-order chi connectivity index (χ0) is 8.20. The molecule has 0 aromatic carbocycles. The molecule has 0 spiro atoms. The lowest BCUT2D eigenvalue weighted by Crippen LogP contribution is -2.22. The van der Waals surface area contributed by atoms with Crippen LogP contribution in [0.15, 0.2) is 0 Å². The predicted octanol–water partition coefficient (Wildman–Crippen LogP) is 1.78. The summed E-state index contributed by atoms with van der Waals surface area (Å²) in [6.45, 7) is 5.57. The van der Waals surface area contributed by atoms with E-state index in [0.29, 0.717) is 6.42 Å². The van der Waals surface area contributed by atoms with Gasteiger partial charge in [-0.2, -0.15) is 0 Å². The van der Waals surface area contributed by atoms with Gasteiger partial charge >= 0.3 is 0 Å². The van der Waals surface area contributed by atoms with Crippen molar-refractivity contribution in [1.29, 1.82) is 0 Å². The molecule has 2 nitrogen and oxygen atoms in total. The van der Waals surface area contributed by atoms with Crippen LogP contribution in [-0.4, -0.2) is 18.5 Å². The predicted molar refractivity (Wildman–Crippen MR) is 41.0 cm³/mol. The summed E-state index contributed by atoms with van der Waals surface area (Å²) in [5.41, 5.74) is -0.147. The SMILES string of the molecule is COC(C)(C)CCC(C)=O. The zero-order valence-corrected chi connectivity index (χ0v) is 7.23. The molecule has 0 N–H and O–H groups in total. The molecule has 0 saturated carbocycles. The number of methoxy groups -OCH3 is 1. The molecule has 0 aliphatic rings. The first-order valence-corrected chi connectivity index (χ1v) is 3.52. The van der Waals surface area contributed by atoms with E-state index in [1.165, 1.54) is 0 Å². The molecule has 0 amide bonds. The second-order valence-electron chi connectivity index (χ2n) is 3.17. The number of carbonyl (C=O) groups excluding carboxylic acids is 1. The zero-order valence-electron chi connectivity index (χ0n) is 7.23. The van der Waals surface area contributed by atoms with Crippen molar-refractivity contribution in [3.8, 4) is 0 Å².